The highest BCUT2D eigenvalue weighted by molar-refractivity contribution is 6.37. The second-order valence-electron chi connectivity index (χ2n) is 4.27. The van der Waals surface area contributed by atoms with E-state index < -0.39 is 0 Å². The molecule has 0 aliphatic rings. The lowest BCUT2D eigenvalue weighted by molar-refractivity contribution is 0.0365. The molecule has 114 valence electrons. The lowest BCUT2D eigenvalue weighted by Gasteiger charge is -2.17. The van der Waals surface area contributed by atoms with Gasteiger partial charge in [-0.25, -0.2) is 4.98 Å². The molecule has 5 nitrogen and oxygen atoms in total. The van der Waals surface area contributed by atoms with E-state index in [1.54, 1.807) is 20.3 Å². The Hall–Kier alpha value is -0.750. The quantitative estimate of drug-likeness (QED) is 0.731. The molecular formula is C13H21Cl2N3O2. The normalized spacial score (nSPS) is 12.2. The smallest absolute Gasteiger partial charge is 0.147 e. The fourth-order valence-electron chi connectivity index (χ4n) is 1.56. The molecule has 0 fully saturated rings. The van der Waals surface area contributed by atoms with Gasteiger partial charge in [-0.1, -0.05) is 30.1 Å². The van der Waals surface area contributed by atoms with Crippen LogP contribution in [0.3, 0.4) is 0 Å². The van der Waals surface area contributed by atoms with Crippen LogP contribution in [0.2, 0.25) is 10.0 Å². The Labute approximate surface area is 130 Å². The zero-order chi connectivity index (χ0) is 15.0. The van der Waals surface area contributed by atoms with E-state index in [2.05, 4.69) is 22.5 Å². The lowest BCUT2D eigenvalue weighted by atomic mass is 10.3. The molecule has 1 aromatic heterocycles. The summed E-state index contributed by atoms with van der Waals surface area (Å²) in [5, 5.41) is 7.29. The molecule has 0 aromatic carbocycles. The first kappa shape index (κ1) is 17.3. The van der Waals surface area contributed by atoms with Gasteiger partial charge >= 0.3 is 0 Å². The Morgan fingerprint density at radius 2 is 1.85 bits per heavy atom. The summed E-state index contributed by atoms with van der Waals surface area (Å²) >= 11 is 12.2. The molecule has 0 bridgehead atoms. The second kappa shape index (κ2) is 9.23. The Kier molecular flexibility index (Phi) is 7.99. The Bertz CT molecular complexity index is 419. The van der Waals surface area contributed by atoms with E-state index in [-0.39, 0.29) is 6.10 Å². The second-order valence-corrected chi connectivity index (χ2v) is 5.08. The van der Waals surface area contributed by atoms with Gasteiger partial charge in [0.1, 0.15) is 11.6 Å². The molecule has 1 heterocycles. The van der Waals surface area contributed by atoms with Gasteiger partial charge in [-0.05, 0) is 12.5 Å². The molecule has 2 N–H and O–H groups in total. The first-order chi connectivity index (χ1) is 9.62. The summed E-state index contributed by atoms with van der Waals surface area (Å²) in [5.74, 6) is 1.20. The zero-order valence-corrected chi connectivity index (χ0v) is 13.5. The van der Waals surface area contributed by atoms with E-state index >= 15 is 0 Å². The number of rotatable bonds is 9. The van der Waals surface area contributed by atoms with Crippen LogP contribution >= 0.6 is 23.2 Å². The first-order valence-electron chi connectivity index (χ1n) is 6.47. The van der Waals surface area contributed by atoms with E-state index in [1.807, 2.05) is 0 Å². The van der Waals surface area contributed by atoms with Gasteiger partial charge in [-0.2, -0.15) is 0 Å². The van der Waals surface area contributed by atoms with Crippen molar-refractivity contribution in [2.45, 2.75) is 19.4 Å². The van der Waals surface area contributed by atoms with Crippen LogP contribution in [0, 0.1) is 0 Å². The summed E-state index contributed by atoms with van der Waals surface area (Å²) in [6, 6.07) is 1.68. The third-order valence-corrected chi connectivity index (χ3v) is 3.23. The zero-order valence-electron chi connectivity index (χ0n) is 12.0. The summed E-state index contributed by atoms with van der Waals surface area (Å²) < 4.78 is 10.3. The average molecular weight is 322 g/mol. The van der Waals surface area contributed by atoms with E-state index in [9.17, 15) is 0 Å². The van der Waals surface area contributed by atoms with E-state index in [1.165, 1.54) is 0 Å². The SMILES string of the molecule is CCCNc1nc(NCC(COC)OC)c(Cl)cc1Cl. The Balaban J connectivity index is 2.73. The van der Waals surface area contributed by atoms with Crippen molar-refractivity contribution < 1.29 is 9.47 Å². The van der Waals surface area contributed by atoms with Crippen LogP contribution in [0.1, 0.15) is 13.3 Å². The third kappa shape index (κ3) is 5.32. The summed E-state index contributed by atoms with van der Waals surface area (Å²) in [7, 11) is 3.27. The van der Waals surface area contributed by atoms with Crippen molar-refractivity contribution in [3.63, 3.8) is 0 Å². The fourth-order valence-corrected chi connectivity index (χ4v) is 2.06. The maximum absolute atomic E-state index is 6.13. The Morgan fingerprint density at radius 3 is 2.40 bits per heavy atom. The van der Waals surface area contributed by atoms with Crippen molar-refractivity contribution in [2.24, 2.45) is 0 Å². The third-order valence-electron chi connectivity index (χ3n) is 2.66. The van der Waals surface area contributed by atoms with Crippen molar-refractivity contribution in [3.05, 3.63) is 16.1 Å². The van der Waals surface area contributed by atoms with Crippen LogP contribution in [-0.4, -0.2) is 45.0 Å². The molecule has 0 amide bonds. The molecule has 1 aromatic rings. The van der Waals surface area contributed by atoms with Crippen LogP contribution in [-0.2, 0) is 9.47 Å². The van der Waals surface area contributed by atoms with E-state index in [0.29, 0.717) is 34.8 Å². The molecule has 0 saturated heterocycles. The van der Waals surface area contributed by atoms with Crippen LogP contribution in [0.5, 0.6) is 0 Å². The van der Waals surface area contributed by atoms with Crippen LogP contribution in [0.15, 0.2) is 6.07 Å². The monoisotopic (exact) mass is 321 g/mol. The van der Waals surface area contributed by atoms with Gasteiger partial charge < -0.3 is 20.1 Å². The topological polar surface area (TPSA) is 55.4 Å². The van der Waals surface area contributed by atoms with Gasteiger partial charge in [0.2, 0.25) is 0 Å². The van der Waals surface area contributed by atoms with Gasteiger partial charge in [-0.3, -0.25) is 0 Å². The van der Waals surface area contributed by atoms with Gasteiger partial charge in [0.25, 0.3) is 0 Å². The number of hydrogen-bond acceptors (Lipinski definition) is 5. The number of methoxy groups -OCH3 is 2. The van der Waals surface area contributed by atoms with Crippen LogP contribution < -0.4 is 10.6 Å². The molecule has 0 spiro atoms. The maximum Gasteiger partial charge on any atom is 0.147 e. The summed E-state index contributed by atoms with van der Waals surface area (Å²) in [6.45, 7) is 3.92. The molecule has 20 heavy (non-hydrogen) atoms. The molecular weight excluding hydrogens is 301 g/mol. The fraction of sp³-hybridized carbons (Fsp3) is 0.615. The number of ether oxygens (including phenoxy) is 2. The number of nitrogens with one attached hydrogen (secondary N) is 2. The summed E-state index contributed by atoms with van der Waals surface area (Å²) in [4.78, 5) is 4.39. The number of hydrogen-bond donors (Lipinski definition) is 2. The molecule has 0 aliphatic heterocycles. The Morgan fingerprint density at radius 1 is 1.20 bits per heavy atom. The molecule has 0 saturated carbocycles. The van der Waals surface area contributed by atoms with Crippen molar-refractivity contribution in [1.29, 1.82) is 0 Å². The van der Waals surface area contributed by atoms with Crippen molar-refractivity contribution >= 4 is 34.8 Å². The molecule has 1 unspecified atom stereocenters. The van der Waals surface area contributed by atoms with Gasteiger partial charge in [0, 0.05) is 27.3 Å². The predicted octanol–water partition coefficient (Wildman–Crippen LogP) is 3.28. The molecule has 1 atom stereocenters. The number of pyridine rings is 1. The van der Waals surface area contributed by atoms with Crippen molar-refractivity contribution in [1.82, 2.24) is 4.98 Å². The highest BCUT2D eigenvalue weighted by Crippen LogP contribution is 2.29. The van der Waals surface area contributed by atoms with Crippen molar-refractivity contribution in [3.8, 4) is 0 Å². The number of aromatic nitrogens is 1. The number of anilines is 2. The number of nitrogens with zero attached hydrogens (tertiary/aromatic N) is 1. The van der Waals surface area contributed by atoms with Crippen LogP contribution in [0.4, 0.5) is 11.6 Å². The van der Waals surface area contributed by atoms with Gasteiger partial charge in [0.05, 0.1) is 22.8 Å². The van der Waals surface area contributed by atoms with Crippen molar-refractivity contribution in [2.75, 3.05) is 44.5 Å². The highest BCUT2D eigenvalue weighted by Gasteiger charge is 2.12. The summed E-state index contributed by atoms with van der Waals surface area (Å²) in [5.41, 5.74) is 0. The predicted molar refractivity (Wildman–Crippen MR) is 84.2 cm³/mol. The standard InChI is InChI=1S/C13H21Cl2N3O2/c1-4-5-16-12-10(14)6-11(15)13(18-12)17-7-9(20-3)8-19-2/h6,9H,4-5,7-8H2,1-3H3,(H2,16,17,18). The van der Waals surface area contributed by atoms with Crippen LogP contribution in [0.25, 0.3) is 0 Å². The molecule has 0 radical (unpaired) electrons. The van der Waals surface area contributed by atoms with Gasteiger partial charge in [0.15, 0.2) is 0 Å². The minimum atomic E-state index is -0.0689. The number of halogens is 2. The minimum Gasteiger partial charge on any atom is -0.382 e. The van der Waals surface area contributed by atoms with E-state index in [4.69, 9.17) is 32.7 Å². The van der Waals surface area contributed by atoms with Gasteiger partial charge in [-0.15, -0.1) is 0 Å². The maximum atomic E-state index is 6.13. The molecule has 7 heteroatoms. The molecule has 0 aliphatic carbocycles. The first-order valence-corrected chi connectivity index (χ1v) is 7.23. The largest absolute Gasteiger partial charge is 0.382 e. The average Bonchev–Trinajstić information content (AvgIpc) is 2.43. The summed E-state index contributed by atoms with van der Waals surface area (Å²) in [6.07, 6.45) is 0.920. The molecule has 1 rings (SSSR count). The lowest BCUT2D eigenvalue weighted by Crippen LogP contribution is -2.27. The van der Waals surface area contributed by atoms with E-state index in [0.717, 1.165) is 13.0 Å². The minimum absolute atomic E-state index is 0.0689. The highest BCUT2D eigenvalue weighted by atomic mass is 35.5.